The lowest BCUT2D eigenvalue weighted by Crippen LogP contribution is -1.83. The first kappa shape index (κ1) is 23.6. The maximum Gasteiger partial charge on any atom is 0.153 e. The van der Waals surface area contributed by atoms with Gasteiger partial charge in [-0.15, -0.1) is 0 Å². The van der Waals surface area contributed by atoms with Gasteiger partial charge in [0.15, 0.2) is 5.58 Å². The number of aromatic nitrogens is 2. The summed E-state index contributed by atoms with van der Waals surface area (Å²) in [6.07, 6.45) is 1.83. The number of furan rings is 1. The van der Waals surface area contributed by atoms with Crippen molar-refractivity contribution in [1.82, 2.24) is 9.38 Å². The SMILES string of the molecule is c1ccc(-c2cccc(-c3ccc4c(c3)c3cc(-c5ccc6oc7cccnc7c6c5)cc5c6ccccc6n4c53)c2)cc1. The fourth-order valence-corrected chi connectivity index (χ4v) is 7.13. The number of hydrogen-bond donors (Lipinski definition) is 0. The molecule has 10 rings (SSSR count). The Hall–Kier alpha value is -5.93. The van der Waals surface area contributed by atoms with Crippen LogP contribution in [-0.4, -0.2) is 9.38 Å². The van der Waals surface area contributed by atoms with Crippen LogP contribution in [0.15, 0.2) is 150 Å². The Morgan fingerprint density at radius 2 is 1.07 bits per heavy atom. The monoisotopic (exact) mass is 560 g/mol. The summed E-state index contributed by atoms with van der Waals surface area (Å²) in [5.41, 5.74) is 13.5. The lowest BCUT2D eigenvalue weighted by atomic mass is 9.96. The second-order valence-corrected chi connectivity index (χ2v) is 11.6. The van der Waals surface area contributed by atoms with E-state index in [9.17, 15) is 0 Å². The lowest BCUT2D eigenvalue weighted by molar-refractivity contribution is 0.668. The van der Waals surface area contributed by atoms with E-state index in [1.54, 1.807) is 0 Å². The van der Waals surface area contributed by atoms with Crippen LogP contribution in [0.3, 0.4) is 0 Å². The molecular formula is C41H24N2O. The Balaban J connectivity index is 1.24. The Bertz CT molecular complexity index is 2710. The van der Waals surface area contributed by atoms with Crippen LogP contribution in [0.1, 0.15) is 0 Å². The molecule has 3 nitrogen and oxygen atoms in total. The highest BCUT2D eigenvalue weighted by Crippen LogP contribution is 2.43. The van der Waals surface area contributed by atoms with Gasteiger partial charge in [-0.3, -0.25) is 4.98 Å². The van der Waals surface area contributed by atoms with Gasteiger partial charge in [-0.05, 0) is 94.0 Å². The van der Waals surface area contributed by atoms with Crippen molar-refractivity contribution in [2.45, 2.75) is 0 Å². The Kier molecular flexibility index (Phi) is 4.72. The van der Waals surface area contributed by atoms with Crippen LogP contribution in [0.4, 0.5) is 0 Å². The van der Waals surface area contributed by atoms with Gasteiger partial charge in [0.1, 0.15) is 11.1 Å². The minimum atomic E-state index is 0.814. The number of hydrogen-bond acceptors (Lipinski definition) is 2. The molecule has 0 fully saturated rings. The van der Waals surface area contributed by atoms with Crippen LogP contribution >= 0.6 is 0 Å². The van der Waals surface area contributed by atoms with Crippen molar-refractivity contribution in [2.24, 2.45) is 0 Å². The maximum absolute atomic E-state index is 6.08. The molecule has 0 saturated carbocycles. The largest absolute Gasteiger partial charge is 0.454 e. The van der Waals surface area contributed by atoms with Crippen molar-refractivity contribution < 1.29 is 4.42 Å². The summed E-state index contributed by atoms with van der Waals surface area (Å²) in [4.78, 5) is 4.63. The Morgan fingerprint density at radius 1 is 0.409 bits per heavy atom. The Labute approximate surface area is 252 Å². The van der Waals surface area contributed by atoms with Crippen molar-refractivity contribution in [3.63, 3.8) is 0 Å². The normalized spacial score (nSPS) is 12.1. The molecular weight excluding hydrogens is 536 g/mol. The average Bonchev–Trinajstić information content (AvgIpc) is 3.74. The molecule has 0 aliphatic carbocycles. The van der Waals surface area contributed by atoms with Gasteiger partial charge < -0.3 is 8.82 Å². The Morgan fingerprint density at radius 3 is 1.98 bits per heavy atom. The molecule has 6 aromatic carbocycles. The molecule has 4 heterocycles. The number of rotatable bonds is 3. The van der Waals surface area contributed by atoms with Gasteiger partial charge in [0.05, 0.1) is 16.6 Å². The molecule has 0 radical (unpaired) electrons. The standard InChI is InChI=1S/C41H24N2O/c1-2-8-25(9-3-1)26-10-6-11-27(20-26)28-15-17-37-32(21-28)34-24-30(23-33-31-12-4-5-13-36(31)43(37)41(33)34)29-16-18-38-35(22-29)40-39(44-38)14-7-19-42-40/h1-24H. The molecule has 0 unspecified atom stereocenters. The van der Waals surface area contributed by atoms with Crippen LogP contribution in [0.5, 0.6) is 0 Å². The molecule has 4 aromatic heterocycles. The summed E-state index contributed by atoms with van der Waals surface area (Å²) in [7, 11) is 0. The number of benzene rings is 6. The second-order valence-electron chi connectivity index (χ2n) is 11.6. The van der Waals surface area contributed by atoms with Gasteiger partial charge in [0.2, 0.25) is 0 Å². The quantitative estimate of drug-likeness (QED) is 0.215. The highest BCUT2D eigenvalue weighted by molar-refractivity contribution is 6.25. The maximum atomic E-state index is 6.08. The average molecular weight is 561 g/mol. The smallest absolute Gasteiger partial charge is 0.153 e. The fourth-order valence-electron chi connectivity index (χ4n) is 7.13. The molecule has 10 aromatic rings. The van der Waals surface area contributed by atoms with Crippen LogP contribution in [-0.2, 0) is 0 Å². The van der Waals surface area contributed by atoms with E-state index in [4.69, 9.17) is 4.42 Å². The van der Waals surface area contributed by atoms with Crippen LogP contribution in [0.2, 0.25) is 0 Å². The zero-order chi connectivity index (χ0) is 28.8. The van der Waals surface area contributed by atoms with Crippen molar-refractivity contribution >= 4 is 60.2 Å². The van der Waals surface area contributed by atoms with Crippen LogP contribution in [0, 0.1) is 0 Å². The summed E-state index contributed by atoms with van der Waals surface area (Å²) < 4.78 is 8.53. The molecule has 0 aliphatic rings. The molecule has 0 saturated heterocycles. The van der Waals surface area contributed by atoms with Gasteiger partial charge in [0.25, 0.3) is 0 Å². The molecule has 0 amide bonds. The third-order valence-corrected chi connectivity index (χ3v) is 9.16. The first-order valence-corrected chi connectivity index (χ1v) is 15.0. The molecule has 0 spiro atoms. The van der Waals surface area contributed by atoms with Crippen molar-refractivity contribution in [3.05, 3.63) is 146 Å². The fraction of sp³-hybridized carbons (Fsp3) is 0. The van der Waals surface area contributed by atoms with Gasteiger partial charge in [0, 0.05) is 33.1 Å². The molecule has 44 heavy (non-hydrogen) atoms. The van der Waals surface area contributed by atoms with E-state index in [2.05, 4.69) is 137 Å². The van der Waals surface area contributed by atoms with E-state index in [1.807, 2.05) is 18.3 Å². The highest BCUT2D eigenvalue weighted by atomic mass is 16.3. The van der Waals surface area contributed by atoms with E-state index < -0.39 is 0 Å². The van der Waals surface area contributed by atoms with E-state index in [0.29, 0.717) is 0 Å². The molecule has 0 aliphatic heterocycles. The number of nitrogens with zero attached hydrogens (tertiary/aromatic N) is 2. The predicted octanol–water partition coefficient (Wildman–Crippen LogP) is 11.1. The van der Waals surface area contributed by atoms with Gasteiger partial charge in [-0.1, -0.05) is 78.9 Å². The first-order valence-electron chi connectivity index (χ1n) is 15.0. The predicted molar refractivity (Wildman–Crippen MR) is 182 cm³/mol. The van der Waals surface area contributed by atoms with Crippen molar-refractivity contribution in [1.29, 1.82) is 0 Å². The number of pyridine rings is 1. The zero-order valence-corrected chi connectivity index (χ0v) is 23.7. The summed E-state index contributed by atoms with van der Waals surface area (Å²) >= 11 is 0. The molecule has 0 N–H and O–H groups in total. The van der Waals surface area contributed by atoms with E-state index in [-0.39, 0.29) is 0 Å². The van der Waals surface area contributed by atoms with Crippen molar-refractivity contribution in [2.75, 3.05) is 0 Å². The minimum absolute atomic E-state index is 0.814. The molecule has 0 atom stereocenters. The minimum Gasteiger partial charge on any atom is -0.454 e. The van der Waals surface area contributed by atoms with Gasteiger partial charge in [-0.25, -0.2) is 0 Å². The van der Waals surface area contributed by atoms with Crippen LogP contribution in [0.25, 0.3) is 93.5 Å². The summed E-state index contributed by atoms with van der Waals surface area (Å²) in [5.74, 6) is 0. The molecule has 3 heteroatoms. The van der Waals surface area contributed by atoms with Gasteiger partial charge >= 0.3 is 0 Å². The first-order chi connectivity index (χ1) is 21.8. The highest BCUT2D eigenvalue weighted by Gasteiger charge is 2.20. The van der Waals surface area contributed by atoms with Crippen LogP contribution < -0.4 is 0 Å². The second kappa shape index (κ2) is 8.79. The van der Waals surface area contributed by atoms with Crippen molar-refractivity contribution in [3.8, 4) is 33.4 Å². The zero-order valence-electron chi connectivity index (χ0n) is 23.7. The third-order valence-electron chi connectivity index (χ3n) is 9.16. The summed E-state index contributed by atoms with van der Waals surface area (Å²) in [6, 6.07) is 50.2. The van der Waals surface area contributed by atoms with E-state index >= 15 is 0 Å². The van der Waals surface area contributed by atoms with E-state index in [1.165, 1.54) is 65.9 Å². The molecule has 204 valence electrons. The van der Waals surface area contributed by atoms with Gasteiger partial charge in [-0.2, -0.15) is 0 Å². The van der Waals surface area contributed by atoms with E-state index in [0.717, 1.165) is 27.6 Å². The molecule has 0 bridgehead atoms. The lowest BCUT2D eigenvalue weighted by Gasteiger charge is -2.08. The summed E-state index contributed by atoms with van der Waals surface area (Å²) in [6.45, 7) is 0. The third kappa shape index (κ3) is 3.29. The number of fused-ring (bicyclic) bond motifs is 9. The topological polar surface area (TPSA) is 30.4 Å². The number of para-hydroxylation sites is 1. The summed E-state index contributed by atoms with van der Waals surface area (Å²) in [5, 5.41) is 6.11.